The molecule has 0 amide bonds. The third-order valence-electron chi connectivity index (χ3n) is 4.19. The van der Waals surface area contributed by atoms with Crippen molar-refractivity contribution in [2.75, 3.05) is 0 Å². The lowest BCUT2D eigenvalue weighted by Crippen LogP contribution is -2.03. The highest BCUT2D eigenvalue weighted by atomic mass is 35.5. The fourth-order valence-corrected chi connectivity index (χ4v) is 3.63. The van der Waals surface area contributed by atoms with E-state index < -0.39 is 0 Å². The molecule has 0 unspecified atom stereocenters. The highest BCUT2D eigenvalue weighted by molar-refractivity contribution is 6.46. The Bertz CT molecular complexity index is 1180. The zero-order valence-electron chi connectivity index (χ0n) is 13.7. The third-order valence-corrected chi connectivity index (χ3v) is 5.21. The first-order valence-corrected chi connectivity index (χ1v) is 9.09. The fourth-order valence-electron chi connectivity index (χ4n) is 2.94. The fraction of sp³-hybridized carbons (Fsp3) is 0. The third kappa shape index (κ3) is 3.19. The Hall–Kier alpha value is -2.46. The van der Waals surface area contributed by atoms with Crippen LogP contribution in [-0.4, -0.2) is 10.9 Å². The smallest absolute Gasteiger partial charge is 0.199 e. The molecule has 0 aliphatic heterocycles. The number of rotatable bonds is 3. The van der Waals surface area contributed by atoms with Crippen LogP contribution < -0.4 is 0 Å². The maximum absolute atomic E-state index is 13.4. The number of carbonyl (C=O) groups excluding carboxylic acids is 1. The van der Waals surface area contributed by atoms with Crippen molar-refractivity contribution >= 4 is 51.6 Å². The van der Waals surface area contributed by atoms with Crippen LogP contribution in [0, 0.1) is 0 Å². The number of hydrogen-bond donors (Lipinski definition) is 1. The van der Waals surface area contributed by atoms with E-state index >= 15 is 0 Å². The summed E-state index contributed by atoms with van der Waals surface area (Å²) in [6.07, 6.45) is 0. The van der Waals surface area contributed by atoms with E-state index in [2.05, 4.69) is 0 Å². The van der Waals surface area contributed by atoms with Crippen LogP contribution in [0.25, 0.3) is 22.3 Å². The van der Waals surface area contributed by atoms with E-state index in [1.807, 2.05) is 12.1 Å². The Morgan fingerprint density at radius 1 is 0.926 bits per heavy atom. The van der Waals surface area contributed by atoms with E-state index in [0.717, 1.165) is 0 Å². The summed E-state index contributed by atoms with van der Waals surface area (Å²) in [7, 11) is 0. The normalized spacial score (nSPS) is 11.1. The predicted octanol–water partition coefficient (Wildman–Crippen LogP) is 7.00. The number of benzene rings is 3. The molecular formula is C21H11Cl3O3. The largest absolute Gasteiger partial charge is 0.508 e. The van der Waals surface area contributed by atoms with Gasteiger partial charge in [0.15, 0.2) is 5.78 Å². The molecule has 1 aromatic heterocycles. The van der Waals surface area contributed by atoms with Crippen molar-refractivity contribution in [1.82, 2.24) is 0 Å². The van der Waals surface area contributed by atoms with Crippen molar-refractivity contribution in [3.05, 3.63) is 86.9 Å². The monoisotopic (exact) mass is 416 g/mol. The average Bonchev–Trinajstić information content (AvgIpc) is 3.04. The van der Waals surface area contributed by atoms with E-state index in [4.69, 9.17) is 39.2 Å². The standard InChI is InChI=1S/C21H11Cl3O3/c22-12-9-15(19(24)16(23)10-12)20(26)18-14-3-1-2-4-17(14)27-21(18)11-5-7-13(25)8-6-11/h1-10,25H. The Morgan fingerprint density at radius 3 is 2.37 bits per heavy atom. The second kappa shape index (κ2) is 6.93. The molecule has 3 aromatic carbocycles. The van der Waals surface area contributed by atoms with Crippen LogP contribution in [0.4, 0.5) is 0 Å². The SMILES string of the molecule is O=C(c1cc(Cl)cc(Cl)c1Cl)c1c(-c2ccc(O)cc2)oc2ccccc12. The van der Waals surface area contributed by atoms with Crippen LogP contribution in [0.15, 0.2) is 65.1 Å². The lowest BCUT2D eigenvalue weighted by Gasteiger charge is -2.07. The molecule has 0 saturated heterocycles. The number of phenolic OH excluding ortho intramolecular Hbond substituents is 1. The van der Waals surface area contributed by atoms with Crippen LogP contribution in [-0.2, 0) is 0 Å². The summed E-state index contributed by atoms with van der Waals surface area (Å²) in [6, 6.07) is 16.6. The van der Waals surface area contributed by atoms with Crippen LogP contribution >= 0.6 is 34.8 Å². The van der Waals surface area contributed by atoms with Gasteiger partial charge in [-0.2, -0.15) is 0 Å². The summed E-state index contributed by atoms with van der Waals surface area (Å²) in [4.78, 5) is 13.4. The molecule has 1 heterocycles. The molecule has 0 spiro atoms. The molecule has 0 atom stereocenters. The van der Waals surface area contributed by atoms with Gasteiger partial charge in [0.2, 0.25) is 0 Å². The highest BCUT2D eigenvalue weighted by Gasteiger charge is 2.25. The molecule has 27 heavy (non-hydrogen) atoms. The molecule has 0 bridgehead atoms. The molecule has 0 aliphatic rings. The van der Waals surface area contributed by atoms with Crippen LogP contribution in [0.2, 0.25) is 15.1 Å². The zero-order chi connectivity index (χ0) is 19.1. The average molecular weight is 418 g/mol. The van der Waals surface area contributed by atoms with E-state index in [-0.39, 0.29) is 27.1 Å². The minimum atomic E-state index is -0.350. The molecular weight excluding hydrogens is 407 g/mol. The summed E-state index contributed by atoms with van der Waals surface area (Å²) in [5.74, 6) is 0.151. The minimum absolute atomic E-state index is 0.118. The first kappa shape index (κ1) is 17.9. The lowest BCUT2D eigenvalue weighted by atomic mass is 9.97. The summed E-state index contributed by atoms with van der Waals surface area (Å²) < 4.78 is 5.96. The number of ketones is 1. The zero-order valence-corrected chi connectivity index (χ0v) is 15.9. The minimum Gasteiger partial charge on any atom is -0.508 e. The molecule has 4 aromatic rings. The molecule has 6 heteroatoms. The van der Waals surface area contributed by atoms with Crippen LogP contribution in [0.3, 0.4) is 0 Å². The van der Waals surface area contributed by atoms with Crippen LogP contribution in [0.5, 0.6) is 5.75 Å². The molecule has 0 radical (unpaired) electrons. The van der Waals surface area contributed by atoms with Gasteiger partial charge in [0.05, 0.1) is 15.6 Å². The summed E-state index contributed by atoms with van der Waals surface area (Å²) in [6.45, 7) is 0. The van der Waals surface area contributed by atoms with Crippen molar-refractivity contribution in [3.8, 4) is 17.1 Å². The number of halogens is 3. The van der Waals surface area contributed by atoms with Gasteiger partial charge in [-0.25, -0.2) is 0 Å². The Labute approximate surface area is 169 Å². The number of furan rings is 1. The quantitative estimate of drug-likeness (QED) is 0.288. The van der Waals surface area contributed by atoms with Crippen molar-refractivity contribution in [2.45, 2.75) is 0 Å². The second-order valence-electron chi connectivity index (χ2n) is 5.93. The Morgan fingerprint density at radius 2 is 1.63 bits per heavy atom. The van der Waals surface area contributed by atoms with Crippen molar-refractivity contribution in [3.63, 3.8) is 0 Å². The van der Waals surface area contributed by atoms with Gasteiger partial charge in [0.1, 0.15) is 17.1 Å². The van der Waals surface area contributed by atoms with E-state index in [9.17, 15) is 9.90 Å². The summed E-state index contributed by atoms with van der Waals surface area (Å²) in [5.41, 5.74) is 1.77. The predicted molar refractivity (Wildman–Crippen MR) is 108 cm³/mol. The second-order valence-corrected chi connectivity index (χ2v) is 7.15. The van der Waals surface area contributed by atoms with E-state index in [1.165, 1.54) is 24.3 Å². The Kier molecular flexibility index (Phi) is 4.60. The highest BCUT2D eigenvalue weighted by Crippen LogP contribution is 2.38. The van der Waals surface area contributed by atoms with Gasteiger partial charge in [-0.1, -0.05) is 53.0 Å². The number of aromatic hydroxyl groups is 1. The van der Waals surface area contributed by atoms with E-state index in [1.54, 1.807) is 24.3 Å². The lowest BCUT2D eigenvalue weighted by molar-refractivity contribution is 0.104. The van der Waals surface area contributed by atoms with Crippen molar-refractivity contribution in [1.29, 1.82) is 0 Å². The summed E-state index contributed by atoms with van der Waals surface area (Å²) in [5, 5.41) is 10.8. The first-order chi connectivity index (χ1) is 13.0. The number of hydrogen-bond acceptors (Lipinski definition) is 3. The molecule has 3 nitrogen and oxygen atoms in total. The molecule has 0 aliphatic carbocycles. The van der Waals surface area contributed by atoms with E-state index in [0.29, 0.717) is 32.9 Å². The Balaban J connectivity index is 1.99. The molecule has 0 saturated carbocycles. The van der Waals surface area contributed by atoms with Gasteiger partial charge >= 0.3 is 0 Å². The van der Waals surface area contributed by atoms with Gasteiger partial charge in [0, 0.05) is 21.5 Å². The number of fused-ring (bicyclic) bond motifs is 1. The van der Waals surface area contributed by atoms with Gasteiger partial charge in [-0.15, -0.1) is 0 Å². The van der Waals surface area contributed by atoms with Crippen molar-refractivity contribution < 1.29 is 14.3 Å². The van der Waals surface area contributed by atoms with Gasteiger partial charge in [-0.05, 0) is 42.5 Å². The maximum atomic E-state index is 13.4. The van der Waals surface area contributed by atoms with Gasteiger partial charge < -0.3 is 9.52 Å². The number of carbonyl (C=O) groups is 1. The molecule has 134 valence electrons. The summed E-state index contributed by atoms with van der Waals surface area (Å²) >= 11 is 18.4. The first-order valence-electron chi connectivity index (χ1n) is 7.96. The van der Waals surface area contributed by atoms with Gasteiger partial charge in [0.25, 0.3) is 0 Å². The molecule has 4 rings (SSSR count). The number of para-hydroxylation sites is 1. The number of phenols is 1. The van der Waals surface area contributed by atoms with Crippen molar-refractivity contribution in [2.24, 2.45) is 0 Å². The maximum Gasteiger partial charge on any atom is 0.199 e. The molecule has 0 fully saturated rings. The topological polar surface area (TPSA) is 50.4 Å². The molecule has 1 N–H and O–H groups in total. The van der Waals surface area contributed by atoms with Gasteiger partial charge in [-0.3, -0.25) is 4.79 Å². The van der Waals surface area contributed by atoms with Crippen LogP contribution in [0.1, 0.15) is 15.9 Å².